The van der Waals surface area contributed by atoms with Crippen molar-refractivity contribution < 1.29 is 24.2 Å². The van der Waals surface area contributed by atoms with Crippen LogP contribution in [0.2, 0.25) is 0 Å². The molecule has 1 aliphatic heterocycles. The first-order valence-corrected chi connectivity index (χ1v) is 13.6. The summed E-state index contributed by atoms with van der Waals surface area (Å²) in [7, 11) is 0. The number of aryl methyl sites for hydroxylation is 1. The van der Waals surface area contributed by atoms with Crippen LogP contribution in [0.3, 0.4) is 0 Å². The van der Waals surface area contributed by atoms with E-state index in [-0.39, 0.29) is 11.5 Å². The maximum absolute atomic E-state index is 13.2. The van der Waals surface area contributed by atoms with Crippen LogP contribution >= 0.6 is 24.0 Å². The summed E-state index contributed by atoms with van der Waals surface area (Å²) in [6, 6.07) is 10.5. The molecule has 36 heavy (non-hydrogen) atoms. The summed E-state index contributed by atoms with van der Waals surface area (Å²) in [6.45, 7) is 6.98. The van der Waals surface area contributed by atoms with Crippen LogP contribution < -0.4 is 14.4 Å². The van der Waals surface area contributed by atoms with E-state index in [1.807, 2.05) is 25.1 Å². The van der Waals surface area contributed by atoms with Gasteiger partial charge in [-0.25, -0.2) is 4.79 Å². The van der Waals surface area contributed by atoms with E-state index in [9.17, 15) is 14.7 Å². The molecule has 1 N–H and O–H groups in total. The third-order valence-electron chi connectivity index (χ3n) is 5.82. The molecule has 8 heteroatoms. The maximum atomic E-state index is 13.2. The lowest BCUT2D eigenvalue weighted by molar-refractivity contribution is -0.113. The van der Waals surface area contributed by atoms with Gasteiger partial charge in [0.05, 0.1) is 29.4 Å². The third-order valence-corrected chi connectivity index (χ3v) is 7.13. The van der Waals surface area contributed by atoms with E-state index >= 15 is 0 Å². The Balaban J connectivity index is 1.73. The van der Waals surface area contributed by atoms with Gasteiger partial charge < -0.3 is 14.6 Å². The van der Waals surface area contributed by atoms with Gasteiger partial charge in [0.15, 0.2) is 15.8 Å². The van der Waals surface area contributed by atoms with E-state index in [1.54, 1.807) is 25.1 Å². The molecule has 0 radical (unpaired) electrons. The van der Waals surface area contributed by atoms with Gasteiger partial charge in [-0.15, -0.1) is 0 Å². The second-order valence-corrected chi connectivity index (χ2v) is 10.3. The van der Waals surface area contributed by atoms with Gasteiger partial charge in [-0.2, -0.15) is 0 Å². The lowest BCUT2D eigenvalue weighted by Crippen LogP contribution is -2.27. The fourth-order valence-corrected chi connectivity index (χ4v) is 5.19. The summed E-state index contributed by atoms with van der Waals surface area (Å²) in [5.74, 6) is -0.00236. The minimum Gasteiger partial charge on any atom is -0.490 e. The van der Waals surface area contributed by atoms with Gasteiger partial charge >= 0.3 is 5.97 Å². The molecule has 3 rings (SSSR count). The largest absolute Gasteiger partial charge is 0.490 e. The van der Waals surface area contributed by atoms with E-state index in [2.05, 4.69) is 6.92 Å². The van der Waals surface area contributed by atoms with Crippen molar-refractivity contribution in [2.75, 3.05) is 18.1 Å². The second-order valence-electron chi connectivity index (χ2n) is 8.58. The average Bonchev–Trinajstić information content (AvgIpc) is 3.12. The molecule has 1 saturated heterocycles. The molecule has 0 spiro atoms. The van der Waals surface area contributed by atoms with Crippen molar-refractivity contribution in [3.05, 3.63) is 58.0 Å². The lowest BCUT2D eigenvalue weighted by atomic mass is 10.1. The van der Waals surface area contributed by atoms with E-state index in [0.717, 1.165) is 18.4 Å². The minimum absolute atomic E-state index is 0.142. The number of carbonyl (C=O) groups is 2. The first-order valence-electron chi connectivity index (χ1n) is 12.4. The number of amides is 1. The summed E-state index contributed by atoms with van der Waals surface area (Å²) in [6.07, 6.45) is 8.94. The van der Waals surface area contributed by atoms with Gasteiger partial charge in [0.2, 0.25) is 0 Å². The summed E-state index contributed by atoms with van der Waals surface area (Å²) in [4.78, 5) is 26.5. The topological polar surface area (TPSA) is 76.1 Å². The van der Waals surface area contributed by atoms with Gasteiger partial charge in [-0.1, -0.05) is 75.1 Å². The highest BCUT2D eigenvalue weighted by molar-refractivity contribution is 8.27. The van der Waals surface area contributed by atoms with E-state index in [4.69, 9.17) is 21.7 Å². The number of rotatable bonds is 13. The number of hydrogen-bond acceptors (Lipinski definition) is 6. The first-order chi connectivity index (χ1) is 17.3. The van der Waals surface area contributed by atoms with Crippen LogP contribution in [0.5, 0.6) is 11.5 Å². The van der Waals surface area contributed by atoms with Crippen molar-refractivity contribution >= 4 is 51.9 Å². The summed E-state index contributed by atoms with van der Waals surface area (Å²) >= 11 is 6.64. The zero-order chi connectivity index (χ0) is 26.1. The number of aromatic carboxylic acids is 1. The highest BCUT2D eigenvalue weighted by Gasteiger charge is 2.33. The Hall–Kier alpha value is -2.84. The molecule has 1 fully saturated rings. The Kier molecular flexibility index (Phi) is 10.4. The van der Waals surface area contributed by atoms with Crippen LogP contribution in [-0.4, -0.2) is 34.5 Å². The Labute approximate surface area is 222 Å². The van der Waals surface area contributed by atoms with Crippen molar-refractivity contribution in [1.82, 2.24) is 0 Å². The molecule has 0 unspecified atom stereocenters. The maximum Gasteiger partial charge on any atom is 0.336 e. The average molecular weight is 528 g/mol. The van der Waals surface area contributed by atoms with Crippen molar-refractivity contribution in [2.24, 2.45) is 0 Å². The summed E-state index contributed by atoms with van der Waals surface area (Å²) < 4.78 is 12.1. The fourth-order valence-electron chi connectivity index (χ4n) is 3.89. The lowest BCUT2D eigenvalue weighted by Gasteiger charge is -2.16. The predicted octanol–water partition coefficient (Wildman–Crippen LogP) is 7.24. The number of anilines is 1. The molecule has 2 aromatic rings. The Morgan fingerprint density at radius 2 is 1.78 bits per heavy atom. The van der Waals surface area contributed by atoms with Crippen molar-refractivity contribution in [3.8, 4) is 11.5 Å². The van der Waals surface area contributed by atoms with Crippen LogP contribution in [0.15, 0.2) is 41.3 Å². The molecule has 0 aromatic heterocycles. The third kappa shape index (κ3) is 7.11. The molecule has 2 aromatic carbocycles. The van der Waals surface area contributed by atoms with Crippen LogP contribution in [-0.2, 0) is 4.79 Å². The zero-order valence-electron chi connectivity index (χ0n) is 21.0. The first kappa shape index (κ1) is 27.7. The second kappa shape index (κ2) is 13.5. The number of thioether (sulfide) groups is 1. The molecule has 1 aliphatic rings. The molecule has 0 atom stereocenters. The molecule has 0 bridgehead atoms. The van der Waals surface area contributed by atoms with Gasteiger partial charge in [-0.05, 0) is 61.7 Å². The number of unbranched alkanes of at least 4 members (excludes halogenated alkanes) is 5. The van der Waals surface area contributed by atoms with Crippen molar-refractivity contribution in [3.63, 3.8) is 0 Å². The van der Waals surface area contributed by atoms with E-state index in [1.165, 1.54) is 48.4 Å². The number of carboxylic acid groups (broad SMARTS) is 1. The van der Waals surface area contributed by atoms with Crippen LogP contribution in [0.25, 0.3) is 6.08 Å². The Morgan fingerprint density at radius 1 is 1.03 bits per heavy atom. The number of ether oxygens (including phenoxy) is 2. The molecule has 1 amide bonds. The molecular formula is C28H33NO5S2. The molecule has 192 valence electrons. The predicted molar refractivity (Wildman–Crippen MR) is 150 cm³/mol. The number of hydrogen-bond donors (Lipinski definition) is 1. The monoisotopic (exact) mass is 527 g/mol. The molecule has 6 nitrogen and oxygen atoms in total. The highest BCUT2D eigenvalue weighted by Crippen LogP contribution is 2.38. The number of benzene rings is 2. The smallest absolute Gasteiger partial charge is 0.336 e. The van der Waals surface area contributed by atoms with Gasteiger partial charge in [0.1, 0.15) is 0 Å². The molecule has 0 aliphatic carbocycles. The SMILES string of the molecule is CCCCCCCCOc1ccc(C=C2SC(=S)N(c3ccc(C)c(C(=O)O)c3)C2=O)cc1OCC. The van der Waals surface area contributed by atoms with Crippen LogP contribution in [0.1, 0.15) is 73.9 Å². The van der Waals surface area contributed by atoms with Crippen LogP contribution in [0.4, 0.5) is 5.69 Å². The zero-order valence-corrected chi connectivity index (χ0v) is 22.7. The van der Waals surface area contributed by atoms with Gasteiger partial charge in [0.25, 0.3) is 5.91 Å². The number of nitrogens with zero attached hydrogens (tertiary/aromatic N) is 1. The van der Waals surface area contributed by atoms with Crippen molar-refractivity contribution in [1.29, 1.82) is 0 Å². The standard InChI is InChI=1S/C28H33NO5S2/c1-4-6-7-8-9-10-15-34-23-14-12-20(16-24(23)33-5-2)17-25-26(30)29(28(35)36-25)21-13-11-19(3)22(18-21)27(31)32/h11-14,16-18H,4-10,15H2,1-3H3,(H,31,32). The molecule has 0 saturated carbocycles. The summed E-state index contributed by atoms with van der Waals surface area (Å²) in [5, 5.41) is 9.44. The number of carboxylic acids is 1. The summed E-state index contributed by atoms with van der Waals surface area (Å²) in [5.41, 5.74) is 2.00. The molecular weight excluding hydrogens is 494 g/mol. The normalized spacial score (nSPS) is 14.5. The van der Waals surface area contributed by atoms with E-state index in [0.29, 0.717) is 45.2 Å². The van der Waals surface area contributed by atoms with Crippen molar-refractivity contribution in [2.45, 2.75) is 59.3 Å². The van der Waals surface area contributed by atoms with E-state index < -0.39 is 5.97 Å². The quantitative estimate of drug-likeness (QED) is 0.167. The highest BCUT2D eigenvalue weighted by atomic mass is 32.2. The van der Waals surface area contributed by atoms with Crippen LogP contribution in [0, 0.1) is 6.92 Å². The fraction of sp³-hybridized carbons (Fsp3) is 0.393. The Bertz CT molecular complexity index is 1140. The van der Waals surface area contributed by atoms with Gasteiger partial charge in [0, 0.05) is 0 Å². The minimum atomic E-state index is -1.04. The van der Waals surface area contributed by atoms with Gasteiger partial charge in [-0.3, -0.25) is 9.69 Å². The Morgan fingerprint density at radius 3 is 2.50 bits per heavy atom. The molecule has 1 heterocycles. The number of thiocarbonyl (C=S) groups is 1. The number of carbonyl (C=O) groups excluding carboxylic acids is 1.